The van der Waals surface area contributed by atoms with Crippen molar-refractivity contribution in [2.75, 3.05) is 7.11 Å². The van der Waals surface area contributed by atoms with Gasteiger partial charge in [0.1, 0.15) is 10.9 Å². The van der Waals surface area contributed by atoms with Crippen LogP contribution in [0.1, 0.15) is 27.0 Å². The van der Waals surface area contributed by atoms with E-state index in [9.17, 15) is 4.79 Å². The Morgan fingerprint density at radius 1 is 1.26 bits per heavy atom. The van der Waals surface area contributed by atoms with Crippen molar-refractivity contribution in [1.29, 1.82) is 0 Å². The highest BCUT2D eigenvalue weighted by Gasteiger charge is 2.17. The number of ketones is 1. The summed E-state index contributed by atoms with van der Waals surface area (Å²) in [6.45, 7) is 3.92. The number of methoxy groups -OCH3 is 1. The lowest BCUT2D eigenvalue weighted by Gasteiger charge is -2.12. The number of aryl methyl sites for hydroxylation is 1. The van der Waals surface area contributed by atoms with E-state index in [1.165, 1.54) is 6.20 Å². The fraction of sp³-hybridized carbons (Fsp3) is 0.200. The molecule has 0 bridgehead atoms. The topological polar surface area (TPSA) is 39.2 Å². The Kier molecular flexibility index (Phi) is 3.86. The van der Waals surface area contributed by atoms with E-state index in [0.717, 1.165) is 11.1 Å². The van der Waals surface area contributed by atoms with Gasteiger partial charge < -0.3 is 4.74 Å². The largest absolute Gasteiger partial charge is 0.496 e. The van der Waals surface area contributed by atoms with E-state index in [1.54, 1.807) is 25.3 Å². The molecule has 0 N–H and O–H groups in total. The molecule has 0 unspecified atom stereocenters. The number of hydrogen-bond donors (Lipinski definition) is 0. The van der Waals surface area contributed by atoms with Crippen molar-refractivity contribution in [1.82, 2.24) is 4.98 Å². The summed E-state index contributed by atoms with van der Waals surface area (Å²) in [6, 6.07) is 6.88. The van der Waals surface area contributed by atoms with Gasteiger partial charge in [0.2, 0.25) is 0 Å². The fourth-order valence-electron chi connectivity index (χ4n) is 1.93. The number of aromatic nitrogens is 1. The maximum absolute atomic E-state index is 12.5. The van der Waals surface area contributed by atoms with Crippen LogP contribution >= 0.6 is 11.6 Å². The monoisotopic (exact) mass is 275 g/mol. The number of benzene rings is 1. The molecule has 0 fully saturated rings. The molecule has 1 aromatic carbocycles. The number of carbonyl (C=O) groups excluding carboxylic acids is 1. The van der Waals surface area contributed by atoms with Crippen LogP contribution in [0.2, 0.25) is 5.15 Å². The van der Waals surface area contributed by atoms with E-state index in [0.29, 0.717) is 22.0 Å². The molecule has 0 spiro atoms. The highest BCUT2D eigenvalue weighted by atomic mass is 35.5. The zero-order chi connectivity index (χ0) is 14.0. The quantitative estimate of drug-likeness (QED) is 0.635. The van der Waals surface area contributed by atoms with Crippen LogP contribution < -0.4 is 4.74 Å². The number of pyridine rings is 1. The van der Waals surface area contributed by atoms with Crippen LogP contribution in [0, 0.1) is 13.8 Å². The molecule has 0 radical (unpaired) electrons. The minimum atomic E-state index is -0.121. The average Bonchev–Trinajstić information content (AvgIpc) is 2.41. The summed E-state index contributed by atoms with van der Waals surface area (Å²) < 4.78 is 5.36. The van der Waals surface area contributed by atoms with Gasteiger partial charge in [0.15, 0.2) is 5.78 Å². The van der Waals surface area contributed by atoms with Crippen molar-refractivity contribution in [3.8, 4) is 5.75 Å². The third-order valence-corrected chi connectivity index (χ3v) is 3.32. The molecule has 0 amide bonds. The van der Waals surface area contributed by atoms with Crippen molar-refractivity contribution in [3.63, 3.8) is 0 Å². The molecule has 3 nitrogen and oxygen atoms in total. The average molecular weight is 276 g/mol. The molecule has 0 aliphatic rings. The molecule has 2 aromatic rings. The van der Waals surface area contributed by atoms with Crippen molar-refractivity contribution >= 4 is 17.4 Å². The molecule has 19 heavy (non-hydrogen) atoms. The molecule has 98 valence electrons. The maximum atomic E-state index is 12.5. The minimum Gasteiger partial charge on any atom is -0.496 e. The highest BCUT2D eigenvalue weighted by Crippen LogP contribution is 2.28. The Balaban J connectivity index is 2.53. The number of ether oxygens (including phenoxy) is 1. The van der Waals surface area contributed by atoms with E-state index in [4.69, 9.17) is 16.3 Å². The lowest BCUT2D eigenvalue weighted by Crippen LogP contribution is -2.06. The maximum Gasteiger partial charge on any atom is 0.196 e. The second kappa shape index (κ2) is 5.41. The fourth-order valence-corrected chi connectivity index (χ4v) is 2.11. The van der Waals surface area contributed by atoms with Gasteiger partial charge >= 0.3 is 0 Å². The predicted molar refractivity (Wildman–Crippen MR) is 75.1 cm³/mol. The first-order chi connectivity index (χ1) is 9.04. The lowest BCUT2D eigenvalue weighted by atomic mass is 9.98. The first-order valence-electron chi connectivity index (χ1n) is 5.85. The predicted octanol–water partition coefficient (Wildman–Crippen LogP) is 3.59. The lowest BCUT2D eigenvalue weighted by molar-refractivity contribution is 0.103. The van der Waals surface area contributed by atoms with Gasteiger partial charge in [0.25, 0.3) is 0 Å². The molecule has 0 atom stereocenters. The summed E-state index contributed by atoms with van der Waals surface area (Å²) in [5.41, 5.74) is 3.09. The van der Waals surface area contributed by atoms with E-state index in [-0.39, 0.29) is 5.78 Å². The van der Waals surface area contributed by atoms with Crippen LogP contribution in [0.3, 0.4) is 0 Å². The van der Waals surface area contributed by atoms with Gasteiger partial charge in [-0.1, -0.05) is 17.7 Å². The molecule has 2 rings (SSSR count). The summed E-state index contributed by atoms with van der Waals surface area (Å²) in [7, 11) is 1.57. The molecule has 1 aromatic heterocycles. The first-order valence-corrected chi connectivity index (χ1v) is 6.23. The summed E-state index contributed by atoms with van der Waals surface area (Å²) >= 11 is 5.81. The van der Waals surface area contributed by atoms with Gasteiger partial charge in [-0.3, -0.25) is 4.79 Å². The second-order valence-electron chi connectivity index (χ2n) is 4.28. The van der Waals surface area contributed by atoms with E-state index in [1.807, 2.05) is 19.9 Å². The smallest absolute Gasteiger partial charge is 0.196 e. The number of nitrogens with zero attached hydrogens (tertiary/aromatic N) is 1. The van der Waals surface area contributed by atoms with Crippen LogP contribution in [-0.2, 0) is 0 Å². The van der Waals surface area contributed by atoms with Crippen molar-refractivity contribution in [3.05, 3.63) is 57.9 Å². The summed E-state index contributed by atoms with van der Waals surface area (Å²) in [5.74, 6) is 0.488. The molecule has 1 heterocycles. The van der Waals surface area contributed by atoms with Gasteiger partial charge in [-0.2, -0.15) is 0 Å². The highest BCUT2D eigenvalue weighted by molar-refractivity contribution is 6.30. The normalized spacial score (nSPS) is 10.3. The Morgan fingerprint density at radius 2 is 2.00 bits per heavy atom. The molecule has 0 saturated carbocycles. The Labute approximate surface area is 117 Å². The van der Waals surface area contributed by atoms with Gasteiger partial charge in [0.05, 0.1) is 12.7 Å². The van der Waals surface area contributed by atoms with Gasteiger partial charge in [-0.05, 0) is 43.2 Å². The molecule has 0 saturated heterocycles. The standard InChI is InChI=1S/C15H14ClNO2/c1-9-4-5-12(15(19-3)10(9)2)14(18)11-6-7-17-13(16)8-11/h4-8H,1-3H3. The number of rotatable bonds is 3. The van der Waals surface area contributed by atoms with Crippen LogP contribution in [0.15, 0.2) is 30.5 Å². The molecular formula is C15H14ClNO2. The molecule has 0 aliphatic carbocycles. The van der Waals surface area contributed by atoms with E-state index < -0.39 is 0 Å². The third-order valence-electron chi connectivity index (χ3n) is 3.11. The van der Waals surface area contributed by atoms with Crippen molar-refractivity contribution < 1.29 is 9.53 Å². The Bertz CT molecular complexity index is 638. The SMILES string of the molecule is COc1c(C(=O)c2ccnc(Cl)c2)ccc(C)c1C. The first kappa shape index (κ1) is 13.6. The summed E-state index contributed by atoms with van der Waals surface area (Å²) in [4.78, 5) is 16.3. The minimum absolute atomic E-state index is 0.121. The van der Waals surface area contributed by atoms with Crippen molar-refractivity contribution in [2.24, 2.45) is 0 Å². The zero-order valence-corrected chi connectivity index (χ0v) is 11.8. The van der Waals surface area contributed by atoms with Crippen LogP contribution in [0.5, 0.6) is 5.75 Å². The van der Waals surface area contributed by atoms with E-state index in [2.05, 4.69) is 4.98 Å². The molecule has 0 aliphatic heterocycles. The Hall–Kier alpha value is -1.87. The second-order valence-corrected chi connectivity index (χ2v) is 4.67. The summed E-state index contributed by atoms with van der Waals surface area (Å²) in [6.07, 6.45) is 1.52. The summed E-state index contributed by atoms with van der Waals surface area (Å²) in [5, 5.41) is 0.300. The molecule has 4 heteroatoms. The van der Waals surface area contributed by atoms with Gasteiger partial charge in [-0.25, -0.2) is 4.98 Å². The van der Waals surface area contributed by atoms with Gasteiger partial charge in [0, 0.05) is 11.8 Å². The van der Waals surface area contributed by atoms with Crippen LogP contribution in [0.25, 0.3) is 0 Å². The van der Waals surface area contributed by atoms with Crippen molar-refractivity contribution in [2.45, 2.75) is 13.8 Å². The molecular weight excluding hydrogens is 262 g/mol. The Morgan fingerprint density at radius 3 is 2.63 bits per heavy atom. The van der Waals surface area contributed by atoms with E-state index >= 15 is 0 Å². The number of carbonyl (C=O) groups is 1. The zero-order valence-electron chi connectivity index (χ0n) is 11.0. The number of halogens is 1. The van der Waals surface area contributed by atoms with Gasteiger partial charge in [-0.15, -0.1) is 0 Å². The van der Waals surface area contributed by atoms with Crippen LogP contribution in [0.4, 0.5) is 0 Å². The third kappa shape index (κ3) is 2.61. The van der Waals surface area contributed by atoms with Crippen LogP contribution in [-0.4, -0.2) is 17.9 Å². The number of hydrogen-bond acceptors (Lipinski definition) is 3.